The molecule has 78 valence electrons. The second-order valence-corrected chi connectivity index (χ2v) is 6.61. The van der Waals surface area contributed by atoms with Crippen LogP contribution in [0.2, 0.25) is 0 Å². The maximum atomic E-state index is 6.21. The van der Waals surface area contributed by atoms with Crippen molar-refractivity contribution in [1.82, 2.24) is 0 Å². The third-order valence-corrected chi connectivity index (χ3v) is 3.62. The topological polar surface area (TPSA) is 26.0 Å². The molecule has 0 aliphatic heterocycles. The van der Waals surface area contributed by atoms with Gasteiger partial charge in [-0.1, -0.05) is 36.7 Å². The molecule has 1 atom stereocenters. The Balaban J connectivity index is 3.12. The van der Waals surface area contributed by atoms with Gasteiger partial charge in [-0.3, -0.25) is 0 Å². The molecule has 0 fully saturated rings. The summed E-state index contributed by atoms with van der Waals surface area (Å²) in [5.74, 6) is 0. The monoisotopic (exact) mass is 367 g/mol. The van der Waals surface area contributed by atoms with Crippen molar-refractivity contribution in [2.45, 2.75) is 26.8 Å². The fourth-order valence-corrected chi connectivity index (χ4v) is 2.23. The summed E-state index contributed by atoms with van der Waals surface area (Å²) in [7, 11) is 0. The molecule has 1 nitrogen and oxygen atoms in total. The van der Waals surface area contributed by atoms with E-state index in [0.29, 0.717) is 0 Å². The molecule has 0 aromatic heterocycles. The van der Waals surface area contributed by atoms with Crippen molar-refractivity contribution in [3.05, 3.63) is 31.8 Å². The number of nitrogens with two attached hydrogens (primary N) is 1. The maximum Gasteiger partial charge on any atom is 0.0355 e. The molecule has 0 saturated heterocycles. The van der Waals surface area contributed by atoms with Crippen LogP contribution >= 0.6 is 38.5 Å². The van der Waals surface area contributed by atoms with E-state index >= 15 is 0 Å². The largest absolute Gasteiger partial charge is 0.323 e. The standard InChI is InChI=1S/C11H15BrIN/c1-11(2,3)10(14)8-6-7(13)4-5-9(8)12/h4-6,10H,14H2,1-3H3/t10-/m1/s1. The lowest BCUT2D eigenvalue weighted by molar-refractivity contribution is 0.326. The van der Waals surface area contributed by atoms with Crippen LogP contribution in [0.25, 0.3) is 0 Å². The maximum absolute atomic E-state index is 6.21. The first-order valence-corrected chi connectivity index (χ1v) is 6.40. The Labute approximate surface area is 108 Å². The summed E-state index contributed by atoms with van der Waals surface area (Å²) in [5.41, 5.74) is 7.48. The molecule has 0 radical (unpaired) electrons. The van der Waals surface area contributed by atoms with Crippen molar-refractivity contribution in [3.8, 4) is 0 Å². The summed E-state index contributed by atoms with van der Waals surface area (Å²) in [4.78, 5) is 0. The van der Waals surface area contributed by atoms with Crippen LogP contribution in [0, 0.1) is 8.99 Å². The Bertz CT molecular complexity index is 331. The van der Waals surface area contributed by atoms with Gasteiger partial charge in [-0.2, -0.15) is 0 Å². The Morgan fingerprint density at radius 2 is 1.93 bits per heavy atom. The second-order valence-electron chi connectivity index (χ2n) is 4.51. The van der Waals surface area contributed by atoms with Crippen LogP contribution in [0.5, 0.6) is 0 Å². The molecule has 1 rings (SSSR count). The fraction of sp³-hybridized carbons (Fsp3) is 0.455. The first kappa shape index (κ1) is 12.5. The SMILES string of the molecule is CC(C)(C)[C@H](N)c1cc(I)ccc1Br. The third-order valence-electron chi connectivity index (χ3n) is 2.23. The Kier molecular flexibility index (Phi) is 4.00. The summed E-state index contributed by atoms with van der Waals surface area (Å²) >= 11 is 5.85. The van der Waals surface area contributed by atoms with Gasteiger partial charge in [-0.15, -0.1) is 0 Å². The number of rotatable bonds is 1. The van der Waals surface area contributed by atoms with Crippen molar-refractivity contribution in [2.24, 2.45) is 11.1 Å². The molecule has 1 aromatic rings. The van der Waals surface area contributed by atoms with Gasteiger partial charge in [-0.05, 0) is 51.8 Å². The zero-order valence-electron chi connectivity index (χ0n) is 8.64. The zero-order valence-corrected chi connectivity index (χ0v) is 12.4. The Morgan fingerprint density at radius 3 is 2.43 bits per heavy atom. The van der Waals surface area contributed by atoms with Crippen molar-refractivity contribution in [2.75, 3.05) is 0 Å². The second kappa shape index (κ2) is 4.49. The highest BCUT2D eigenvalue weighted by Gasteiger charge is 2.23. The van der Waals surface area contributed by atoms with Gasteiger partial charge in [0.1, 0.15) is 0 Å². The minimum atomic E-state index is 0.0617. The lowest BCUT2D eigenvalue weighted by Crippen LogP contribution is -2.26. The van der Waals surface area contributed by atoms with E-state index in [9.17, 15) is 0 Å². The van der Waals surface area contributed by atoms with Crippen molar-refractivity contribution in [1.29, 1.82) is 0 Å². The van der Waals surface area contributed by atoms with Gasteiger partial charge >= 0.3 is 0 Å². The van der Waals surface area contributed by atoms with Gasteiger partial charge in [0.05, 0.1) is 0 Å². The molecule has 0 spiro atoms. The Morgan fingerprint density at radius 1 is 1.36 bits per heavy atom. The molecule has 3 heteroatoms. The molecule has 0 saturated carbocycles. The van der Waals surface area contributed by atoms with Crippen molar-refractivity contribution in [3.63, 3.8) is 0 Å². The molecular formula is C11H15BrIN. The van der Waals surface area contributed by atoms with Crippen LogP contribution in [0.4, 0.5) is 0 Å². The van der Waals surface area contributed by atoms with Gasteiger partial charge in [0.2, 0.25) is 0 Å². The van der Waals surface area contributed by atoms with Gasteiger partial charge in [0.25, 0.3) is 0 Å². The highest BCUT2D eigenvalue weighted by Crippen LogP contribution is 2.34. The van der Waals surface area contributed by atoms with Crippen LogP contribution in [0.15, 0.2) is 22.7 Å². The average Bonchev–Trinajstić information content (AvgIpc) is 2.06. The van der Waals surface area contributed by atoms with Gasteiger partial charge in [-0.25, -0.2) is 0 Å². The van der Waals surface area contributed by atoms with Gasteiger partial charge < -0.3 is 5.73 Å². The van der Waals surface area contributed by atoms with E-state index < -0.39 is 0 Å². The fourth-order valence-electron chi connectivity index (χ4n) is 1.22. The molecule has 0 unspecified atom stereocenters. The third kappa shape index (κ3) is 2.94. The van der Waals surface area contributed by atoms with E-state index in [-0.39, 0.29) is 11.5 Å². The van der Waals surface area contributed by atoms with Crippen molar-refractivity contribution >= 4 is 38.5 Å². The summed E-state index contributed by atoms with van der Waals surface area (Å²) in [6, 6.07) is 6.33. The minimum Gasteiger partial charge on any atom is -0.323 e. The van der Waals surface area contributed by atoms with Gasteiger partial charge in [0.15, 0.2) is 0 Å². The molecule has 1 aromatic carbocycles. The minimum absolute atomic E-state index is 0.0617. The number of hydrogen-bond acceptors (Lipinski definition) is 1. The van der Waals surface area contributed by atoms with Gasteiger partial charge in [0, 0.05) is 14.1 Å². The van der Waals surface area contributed by atoms with E-state index in [1.54, 1.807) is 0 Å². The van der Waals surface area contributed by atoms with E-state index in [0.717, 1.165) is 4.47 Å². The quantitative estimate of drug-likeness (QED) is 0.743. The zero-order chi connectivity index (χ0) is 10.9. The van der Waals surface area contributed by atoms with Crippen LogP contribution in [0.3, 0.4) is 0 Å². The molecule has 0 amide bonds. The first-order chi connectivity index (χ1) is 6.32. The summed E-state index contributed by atoms with van der Waals surface area (Å²) in [5, 5.41) is 0. The van der Waals surface area contributed by atoms with Crippen LogP contribution in [-0.4, -0.2) is 0 Å². The normalized spacial score (nSPS) is 14.1. The van der Waals surface area contributed by atoms with E-state index in [4.69, 9.17) is 5.73 Å². The average molecular weight is 368 g/mol. The number of hydrogen-bond donors (Lipinski definition) is 1. The summed E-state index contributed by atoms with van der Waals surface area (Å²) in [6.07, 6.45) is 0. The summed E-state index contributed by atoms with van der Waals surface area (Å²) < 4.78 is 2.32. The lowest BCUT2D eigenvalue weighted by Gasteiger charge is -2.28. The van der Waals surface area contributed by atoms with Crippen LogP contribution in [0.1, 0.15) is 32.4 Å². The lowest BCUT2D eigenvalue weighted by atomic mass is 9.83. The van der Waals surface area contributed by atoms with Crippen molar-refractivity contribution < 1.29 is 0 Å². The van der Waals surface area contributed by atoms with Crippen LogP contribution in [-0.2, 0) is 0 Å². The molecule has 0 bridgehead atoms. The predicted octanol–water partition coefficient (Wildman–Crippen LogP) is 4.10. The van der Waals surface area contributed by atoms with E-state index in [1.807, 2.05) is 0 Å². The smallest absolute Gasteiger partial charge is 0.0355 e. The first-order valence-electron chi connectivity index (χ1n) is 4.53. The van der Waals surface area contributed by atoms with E-state index in [2.05, 4.69) is 77.5 Å². The molecule has 2 N–H and O–H groups in total. The molecule has 0 aliphatic rings. The molecular weight excluding hydrogens is 353 g/mol. The Hall–Kier alpha value is 0.390. The number of halogens is 2. The van der Waals surface area contributed by atoms with E-state index in [1.165, 1.54) is 9.13 Å². The molecule has 14 heavy (non-hydrogen) atoms. The highest BCUT2D eigenvalue weighted by molar-refractivity contribution is 14.1. The number of benzene rings is 1. The molecule has 0 heterocycles. The van der Waals surface area contributed by atoms with Crippen LogP contribution < -0.4 is 5.73 Å². The highest BCUT2D eigenvalue weighted by atomic mass is 127. The molecule has 0 aliphatic carbocycles. The predicted molar refractivity (Wildman–Crippen MR) is 73.2 cm³/mol. The summed E-state index contributed by atoms with van der Waals surface area (Å²) in [6.45, 7) is 6.47.